The number of hydrogen-bond acceptors (Lipinski definition) is 5. The Kier molecular flexibility index (Phi) is 3.91. The zero-order valence-corrected chi connectivity index (χ0v) is 11.4. The molecule has 0 spiro atoms. The van der Waals surface area contributed by atoms with Crippen LogP contribution in [-0.2, 0) is 0 Å². The predicted molar refractivity (Wildman–Crippen MR) is 71.9 cm³/mol. The van der Waals surface area contributed by atoms with Crippen LogP contribution in [0, 0.1) is 18.6 Å². The number of hydrogen-bond donors (Lipinski definition) is 3. The second-order valence-electron chi connectivity index (χ2n) is 3.73. The minimum atomic E-state index is -0.605. The maximum atomic E-state index is 13.7. The average Bonchev–Trinajstić information content (AvgIpc) is 2.35. The zero-order chi connectivity index (χ0) is 14.0. The van der Waals surface area contributed by atoms with Crippen molar-refractivity contribution in [2.75, 3.05) is 10.7 Å². The van der Waals surface area contributed by atoms with E-state index >= 15 is 0 Å². The van der Waals surface area contributed by atoms with Gasteiger partial charge in [-0.1, -0.05) is 0 Å². The van der Waals surface area contributed by atoms with Crippen LogP contribution >= 0.6 is 15.9 Å². The van der Waals surface area contributed by atoms with Gasteiger partial charge in [0.25, 0.3) is 0 Å². The first kappa shape index (κ1) is 13.6. The Morgan fingerprint density at radius 3 is 2.58 bits per heavy atom. The molecular weight excluding hydrogens is 320 g/mol. The van der Waals surface area contributed by atoms with Gasteiger partial charge in [-0.05, 0) is 28.9 Å². The summed E-state index contributed by atoms with van der Waals surface area (Å²) in [6.45, 7) is 1.73. The fraction of sp³-hybridized carbons (Fsp3) is 0.0909. The summed E-state index contributed by atoms with van der Waals surface area (Å²) < 4.78 is 27.1. The predicted octanol–water partition coefficient (Wildman–Crippen LogP) is 2.85. The Hall–Kier alpha value is -1.80. The molecule has 4 N–H and O–H groups in total. The van der Waals surface area contributed by atoms with E-state index in [2.05, 4.69) is 36.6 Å². The second kappa shape index (κ2) is 5.45. The summed E-state index contributed by atoms with van der Waals surface area (Å²) in [5, 5.41) is 2.67. The van der Waals surface area contributed by atoms with E-state index in [9.17, 15) is 8.78 Å². The molecule has 1 aromatic carbocycles. The number of rotatable bonds is 3. The van der Waals surface area contributed by atoms with Crippen LogP contribution < -0.4 is 16.6 Å². The molecule has 1 aromatic heterocycles. The van der Waals surface area contributed by atoms with Gasteiger partial charge < -0.3 is 5.32 Å². The molecule has 0 fully saturated rings. The molecule has 0 saturated heterocycles. The molecule has 0 amide bonds. The Morgan fingerprint density at radius 1 is 1.16 bits per heavy atom. The van der Waals surface area contributed by atoms with Crippen LogP contribution in [0.25, 0.3) is 0 Å². The van der Waals surface area contributed by atoms with Gasteiger partial charge in [-0.3, -0.25) is 5.43 Å². The standard InChI is InChI=1S/C11H10BrF2N5/c1-5-2-10(18-11(16-5)19-15)17-9-4-7(13)6(12)3-8(9)14/h2-4H,15H2,1H3,(H2,16,17,18,19). The van der Waals surface area contributed by atoms with E-state index in [1.165, 1.54) is 0 Å². The fourth-order valence-electron chi connectivity index (χ4n) is 1.45. The van der Waals surface area contributed by atoms with E-state index in [-0.39, 0.29) is 16.1 Å². The van der Waals surface area contributed by atoms with Crippen molar-refractivity contribution in [3.05, 3.63) is 40.0 Å². The highest BCUT2D eigenvalue weighted by Gasteiger charge is 2.10. The number of halogens is 3. The van der Waals surface area contributed by atoms with Crippen molar-refractivity contribution < 1.29 is 8.78 Å². The molecule has 100 valence electrons. The van der Waals surface area contributed by atoms with Crippen LogP contribution in [0.15, 0.2) is 22.7 Å². The van der Waals surface area contributed by atoms with Gasteiger partial charge in [0.05, 0.1) is 10.2 Å². The number of anilines is 3. The summed E-state index contributed by atoms with van der Waals surface area (Å²) >= 11 is 2.91. The molecule has 1 heterocycles. The van der Waals surface area contributed by atoms with Crippen LogP contribution in [0.2, 0.25) is 0 Å². The molecule has 0 aliphatic rings. The minimum absolute atomic E-state index is 0.0261. The normalized spacial score (nSPS) is 10.4. The van der Waals surface area contributed by atoms with Crippen molar-refractivity contribution in [2.45, 2.75) is 6.92 Å². The van der Waals surface area contributed by atoms with Crippen molar-refractivity contribution in [3.8, 4) is 0 Å². The van der Waals surface area contributed by atoms with E-state index in [4.69, 9.17) is 5.84 Å². The van der Waals surface area contributed by atoms with Gasteiger partial charge in [0.1, 0.15) is 17.5 Å². The summed E-state index contributed by atoms with van der Waals surface area (Å²) in [7, 11) is 0. The van der Waals surface area contributed by atoms with Crippen LogP contribution in [-0.4, -0.2) is 9.97 Å². The first-order chi connectivity index (χ1) is 8.99. The van der Waals surface area contributed by atoms with Gasteiger partial charge >= 0.3 is 0 Å². The van der Waals surface area contributed by atoms with Gasteiger partial charge in [-0.2, -0.15) is 4.98 Å². The van der Waals surface area contributed by atoms with Crippen LogP contribution in [0.1, 0.15) is 5.69 Å². The third-order valence-electron chi connectivity index (χ3n) is 2.26. The highest BCUT2D eigenvalue weighted by atomic mass is 79.9. The Balaban J connectivity index is 2.36. The third kappa shape index (κ3) is 3.15. The maximum Gasteiger partial charge on any atom is 0.239 e. The molecule has 2 aromatic rings. The van der Waals surface area contributed by atoms with Crippen molar-refractivity contribution in [3.63, 3.8) is 0 Å². The summed E-state index contributed by atoms with van der Waals surface area (Å²) in [6, 6.07) is 3.65. The van der Waals surface area contributed by atoms with E-state index in [1.807, 2.05) is 0 Å². The number of nitrogens with two attached hydrogens (primary N) is 1. The number of nitrogen functional groups attached to an aromatic ring is 1. The molecule has 5 nitrogen and oxygen atoms in total. The summed E-state index contributed by atoms with van der Waals surface area (Å²) in [5.74, 6) is 4.52. The number of hydrazine groups is 1. The first-order valence-electron chi connectivity index (χ1n) is 5.23. The number of nitrogens with one attached hydrogen (secondary N) is 2. The van der Waals surface area contributed by atoms with Crippen molar-refractivity contribution in [1.29, 1.82) is 0 Å². The second-order valence-corrected chi connectivity index (χ2v) is 4.59. The Bertz CT molecular complexity index is 620. The van der Waals surface area contributed by atoms with Crippen molar-refractivity contribution in [1.82, 2.24) is 9.97 Å². The Morgan fingerprint density at radius 2 is 1.89 bits per heavy atom. The molecule has 2 rings (SSSR count). The quantitative estimate of drug-likeness (QED) is 0.458. The number of benzene rings is 1. The number of nitrogens with zero attached hydrogens (tertiary/aromatic N) is 2. The van der Waals surface area contributed by atoms with Gasteiger partial charge in [0, 0.05) is 17.8 Å². The van der Waals surface area contributed by atoms with E-state index in [0.29, 0.717) is 11.5 Å². The lowest BCUT2D eigenvalue weighted by Crippen LogP contribution is -2.12. The number of aromatic nitrogens is 2. The van der Waals surface area contributed by atoms with Gasteiger partial charge in [0.2, 0.25) is 5.95 Å². The number of aryl methyl sites for hydroxylation is 1. The van der Waals surface area contributed by atoms with Crippen molar-refractivity contribution >= 4 is 33.4 Å². The largest absolute Gasteiger partial charge is 0.338 e. The molecule has 0 radical (unpaired) electrons. The molecular formula is C11H10BrF2N5. The summed E-state index contributed by atoms with van der Waals surface area (Å²) in [5.41, 5.74) is 2.89. The molecule has 0 atom stereocenters. The van der Waals surface area contributed by atoms with Gasteiger partial charge in [-0.15, -0.1) is 0 Å². The summed E-state index contributed by atoms with van der Waals surface area (Å²) in [6.07, 6.45) is 0. The van der Waals surface area contributed by atoms with E-state index < -0.39 is 11.6 Å². The molecule has 8 heteroatoms. The fourth-order valence-corrected chi connectivity index (χ4v) is 1.77. The molecule has 0 aliphatic heterocycles. The van der Waals surface area contributed by atoms with Gasteiger partial charge in [0.15, 0.2) is 0 Å². The van der Waals surface area contributed by atoms with E-state index in [0.717, 1.165) is 12.1 Å². The highest BCUT2D eigenvalue weighted by Crippen LogP contribution is 2.25. The SMILES string of the molecule is Cc1cc(Nc2cc(F)c(Br)cc2F)nc(NN)n1. The van der Waals surface area contributed by atoms with Gasteiger partial charge in [-0.25, -0.2) is 19.6 Å². The lowest BCUT2D eigenvalue weighted by molar-refractivity contribution is 0.597. The topological polar surface area (TPSA) is 75.9 Å². The molecule has 19 heavy (non-hydrogen) atoms. The lowest BCUT2D eigenvalue weighted by atomic mass is 10.3. The van der Waals surface area contributed by atoms with Crippen LogP contribution in [0.3, 0.4) is 0 Å². The molecule has 0 bridgehead atoms. The molecule has 0 unspecified atom stereocenters. The first-order valence-corrected chi connectivity index (χ1v) is 6.03. The molecule has 0 aliphatic carbocycles. The third-order valence-corrected chi connectivity index (χ3v) is 2.86. The highest BCUT2D eigenvalue weighted by molar-refractivity contribution is 9.10. The minimum Gasteiger partial charge on any atom is -0.338 e. The average molecular weight is 330 g/mol. The van der Waals surface area contributed by atoms with E-state index in [1.54, 1.807) is 13.0 Å². The van der Waals surface area contributed by atoms with Crippen molar-refractivity contribution in [2.24, 2.45) is 5.84 Å². The lowest BCUT2D eigenvalue weighted by Gasteiger charge is -2.09. The van der Waals surface area contributed by atoms with Crippen LogP contribution in [0.4, 0.5) is 26.2 Å². The maximum absolute atomic E-state index is 13.7. The summed E-state index contributed by atoms with van der Waals surface area (Å²) in [4.78, 5) is 7.97. The smallest absolute Gasteiger partial charge is 0.239 e. The van der Waals surface area contributed by atoms with Crippen LogP contribution in [0.5, 0.6) is 0 Å². The molecule has 0 saturated carbocycles. The Labute approximate surface area is 116 Å². The zero-order valence-electron chi connectivity index (χ0n) is 9.84. The monoisotopic (exact) mass is 329 g/mol.